The van der Waals surface area contributed by atoms with Crippen molar-refractivity contribution in [3.8, 4) is 0 Å². The molecule has 1 aliphatic rings. The van der Waals surface area contributed by atoms with E-state index in [1.54, 1.807) is 65.1 Å². The average Bonchev–Trinajstić information content (AvgIpc) is 3.81. The van der Waals surface area contributed by atoms with Crippen LogP contribution in [0.15, 0.2) is 97.7 Å². The van der Waals surface area contributed by atoms with Gasteiger partial charge in [-0.1, -0.05) is 30.3 Å². The summed E-state index contributed by atoms with van der Waals surface area (Å²) in [6.45, 7) is 10.9. The Morgan fingerprint density at radius 3 is 1.82 bits per heavy atom. The molecule has 0 bridgehead atoms. The van der Waals surface area contributed by atoms with Crippen molar-refractivity contribution in [1.82, 2.24) is 34.0 Å². The Morgan fingerprint density at radius 2 is 1.38 bits per heavy atom. The first-order valence-corrected chi connectivity index (χ1v) is 10.9. The second-order valence-corrected chi connectivity index (χ2v) is 7.00. The molecule has 1 amide bonds. The molecule has 0 unspecified atom stereocenters. The average molecular weight is 608 g/mol. The maximum absolute atomic E-state index is 11.8. The molecule has 0 saturated carbocycles. The smallest absolute Gasteiger partial charge is 0.425 e. The maximum Gasteiger partial charge on any atom is 2.00 e. The van der Waals surface area contributed by atoms with Crippen molar-refractivity contribution in [2.45, 2.75) is 6.61 Å². The van der Waals surface area contributed by atoms with Crippen LogP contribution in [0.2, 0.25) is 0 Å². The van der Waals surface area contributed by atoms with E-state index in [4.69, 9.17) is 18.8 Å². The summed E-state index contributed by atoms with van der Waals surface area (Å²) in [7, 11) is 1.36. The van der Waals surface area contributed by atoms with Gasteiger partial charge < -0.3 is 23.3 Å². The molecule has 1 aliphatic heterocycles. The fraction of sp³-hybridized carbons (Fsp3) is 0.0800. The molecule has 0 fully saturated rings. The topological polar surface area (TPSA) is 132 Å². The van der Waals surface area contributed by atoms with Gasteiger partial charge in [0.25, 0.3) is 7.12 Å². The summed E-state index contributed by atoms with van der Waals surface area (Å²) >= 11 is 0. The van der Waals surface area contributed by atoms with Gasteiger partial charge >= 0.3 is 49.8 Å². The molecule has 0 aliphatic carbocycles. The molecule has 4 aromatic rings. The number of hydrogen-bond donors (Lipinski definition) is 0. The minimum atomic E-state index is -0.433. The number of carbonyl (C=O) groups excluding carboxylic acids is 1. The van der Waals surface area contributed by atoms with Crippen LogP contribution >= 0.6 is 0 Å². The van der Waals surface area contributed by atoms with Crippen LogP contribution in [0.4, 0.5) is 4.79 Å². The molecule has 12 nitrogen and oxygen atoms in total. The molecule has 0 N–H and O–H groups in total. The van der Waals surface area contributed by atoms with Crippen LogP contribution in [0, 0.1) is 32.7 Å². The summed E-state index contributed by atoms with van der Waals surface area (Å²) in [4.78, 5) is 13.1. The van der Waals surface area contributed by atoms with Gasteiger partial charge in [0.1, 0.15) is 12.4 Å². The largest absolute Gasteiger partial charge is 2.00 e. The Balaban J connectivity index is 0.000000340. The molecule has 14 heteroatoms. The molecular weight excluding hydrogens is 585 g/mol. The van der Waals surface area contributed by atoms with Gasteiger partial charge in [-0.15, -0.1) is 0 Å². The van der Waals surface area contributed by atoms with Gasteiger partial charge in [0, 0.05) is 31.2 Å². The third-order valence-corrected chi connectivity index (χ3v) is 4.71. The van der Waals surface area contributed by atoms with E-state index < -0.39 is 6.09 Å². The van der Waals surface area contributed by atoms with E-state index in [0.717, 1.165) is 5.56 Å². The number of nitrogens with zero attached hydrogens (tertiary/aromatic N) is 7. The summed E-state index contributed by atoms with van der Waals surface area (Å²) in [6, 6.07) is 15.2. The number of hydrogen-bond acceptors (Lipinski definition) is 6. The van der Waals surface area contributed by atoms with Crippen molar-refractivity contribution in [1.29, 1.82) is 0 Å². The van der Waals surface area contributed by atoms with Gasteiger partial charge in [-0.25, -0.2) is 20.1 Å². The molecule has 4 heterocycles. The Kier molecular flexibility index (Phi) is 16.1. The van der Waals surface area contributed by atoms with Crippen LogP contribution in [-0.2, 0) is 46.5 Å². The Morgan fingerprint density at radius 1 is 0.872 bits per heavy atom. The van der Waals surface area contributed by atoms with Crippen molar-refractivity contribution in [3.05, 3.63) is 136 Å². The maximum atomic E-state index is 11.8. The number of ether oxygens (including phenoxy) is 2. The normalized spacial score (nSPS) is 11.5. The van der Waals surface area contributed by atoms with E-state index in [1.165, 1.54) is 4.90 Å². The van der Waals surface area contributed by atoms with Gasteiger partial charge in [-0.05, 0) is 48.8 Å². The van der Waals surface area contributed by atoms with Crippen molar-refractivity contribution in [2.75, 3.05) is 7.11 Å². The molecular formula is C25H23BMoN7O5+. The van der Waals surface area contributed by atoms with Crippen molar-refractivity contribution in [3.63, 3.8) is 0 Å². The quantitative estimate of drug-likeness (QED) is 0.188. The summed E-state index contributed by atoms with van der Waals surface area (Å²) in [5.74, 6) is 0.606. The Hall–Kier alpha value is -4.11. The number of carbonyl (C=O) groups is 1. The van der Waals surface area contributed by atoms with Gasteiger partial charge in [-0.3, -0.25) is 4.90 Å². The number of allylic oxidation sites excluding steroid dienone is 1. The number of benzene rings is 1. The number of amides is 1. The third-order valence-electron chi connectivity index (χ3n) is 4.71. The summed E-state index contributed by atoms with van der Waals surface area (Å²) in [5, 5.41) is 12.7. The van der Waals surface area contributed by atoms with Gasteiger partial charge in [0.05, 0.1) is 13.7 Å². The Bertz CT molecular complexity index is 1160. The first kappa shape index (κ1) is 32.9. The SMILES string of the molecule is COC1=CN(C(=O)OCc2ccccc2)[CH][CH][CH]1.[C-]#[O+].[C-]#[O+].[Mo+2].c1cnn([B-](n2cccn2)n2cccn2)c1. The van der Waals surface area contributed by atoms with Crippen LogP contribution in [-0.4, -0.2) is 54.3 Å². The second kappa shape index (κ2) is 19.0. The number of rotatable bonds is 6. The second-order valence-electron chi connectivity index (χ2n) is 7.00. The van der Waals surface area contributed by atoms with Gasteiger partial charge in [0.15, 0.2) is 0 Å². The van der Waals surface area contributed by atoms with Gasteiger partial charge in [0.2, 0.25) is 0 Å². The van der Waals surface area contributed by atoms with Crippen LogP contribution in [0.3, 0.4) is 0 Å². The number of methoxy groups -OCH3 is 1. The molecule has 1 aromatic carbocycles. The van der Waals surface area contributed by atoms with Crippen LogP contribution in [0.5, 0.6) is 0 Å². The zero-order chi connectivity index (χ0) is 27.6. The van der Waals surface area contributed by atoms with E-state index >= 15 is 0 Å². The molecule has 0 spiro atoms. The van der Waals surface area contributed by atoms with E-state index in [2.05, 4.69) is 28.6 Å². The third kappa shape index (κ3) is 10.3. The van der Waals surface area contributed by atoms with Crippen LogP contribution in [0.25, 0.3) is 0 Å². The molecule has 4 radical (unpaired) electrons. The molecule has 196 valence electrons. The monoisotopic (exact) mass is 610 g/mol. The Labute approximate surface area is 241 Å². The van der Waals surface area contributed by atoms with E-state index in [-0.39, 0.29) is 34.8 Å². The van der Waals surface area contributed by atoms with Crippen molar-refractivity contribution >= 4 is 13.2 Å². The summed E-state index contributed by atoms with van der Waals surface area (Å²) in [6.07, 6.45) is 15.5. The van der Waals surface area contributed by atoms with Crippen LogP contribution in [0.1, 0.15) is 5.56 Å². The first-order chi connectivity index (χ1) is 18.7. The zero-order valence-electron chi connectivity index (χ0n) is 20.8. The molecule has 5 rings (SSSR count). The molecule has 3 aromatic heterocycles. The standard InChI is InChI=1S/C14H14NO3.C9H9BN6.2CO.Mo/c1-17-13-8-5-9-15(10-13)14(16)18-11-12-6-3-2-4-7-12;1-4-11-14(7-1)10(15-8-2-5-12-15)16-9-3-6-13-16;2*1-2;/h2-10H,11H2,1H3;1-9H;;;/q;-1;;;+2. The summed E-state index contributed by atoms with van der Waals surface area (Å²) in [5.41, 5.74) is 0.953. The van der Waals surface area contributed by atoms with E-state index in [9.17, 15) is 4.79 Å². The summed E-state index contributed by atoms with van der Waals surface area (Å²) < 4.78 is 30.6. The predicted octanol–water partition coefficient (Wildman–Crippen LogP) is 2.83. The predicted molar refractivity (Wildman–Crippen MR) is 133 cm³/mol. The minimum absolute atomic E-state index is 0. The molecule has 0 saturated heterocycles. The minimum Gasteiger partial charge on any atom is -0.425 e. The first-order valence-electron chi connectivity index (χ1n) is 10.9. The van der Waals surface area contributed by atoms with E-state index in [1.807, 2.05) is 67.1 Å². The van der Waals surface area contributed by atoms with Crippen LogP contribution < -0.4 is 0 Å². The fourth-order valence-electron chi connectivity index (χ4n) is 3.10. The van der Waals surface area contributed by atoms with Crippen molar-refractivity contribution in [2.24, 2.45) is 0 Å². The fourth-order valence-corrected chi connectivity index (χ4v) is 3.10. The zero-order valence-corrected chi connectivity index (χ0v) is 22.8. The number of aromatic nitrogens is 6. The van der Waals surface area contributed by atoms with E-state index in [0.29, 0.717) is 5.76 Å². The van der Waals surface area contributed by atoms with Gasteiger partial charge in [-0.2, -0.15) is 0 Å². The molecule has 0 atom stereocenters. The molecule has 39 heavy (non-hydrogen) atoms. The van der Waals surface area contributed by atoms with Crippen molar-refractivity contribution < 1.29 is 44.6 Å².